The second-order valence-electron chi connectivity index (χ2n) is 5.10. The summed E-state index contributed by atoms with van der Waals surface area (Å²) in [5, 5.41) is 1.18. The molecule has 1 atom stereocenters. The minimum Gasteiger partial charge on any atom is -0.110 e. The van der Waals surface area contributed by atoms with Gasteiger partial charge in [0, 0.05) is 0 Å². The molecule has 0 saturated carbocycles. The number of allylic oxidation sites excluding steroid dienone is 1. The van der Waals surface area contributed by atoms with Gasteiger partial charge in [-0.2, -0.15) is 0 Å². The van der Waals surface area contributed by atoms with Gasteiger partial charge in [0.25, 0.3) is 0 Å². The van der Waals surface area contributed by atoms with Gasteiger partial charge in [-0.15, -0.1) is 18.2 Å². The fraction of sp³-hybridized carbons (Fsp3) is 0.385. The molecule has 0 heterocycles. The zero-order valence-corrected chi connectivity index (χ0v) is 11.7. The van der Waals surface area contributed by atoms with Crippen LogP contribution in [0.4, 0.5) is 0 Å². The average molecular weight is 239 g/mol. The summed E-state index contributed by atoms with van der Waals surface area (Å²) < 4.78 is 0. The summed E-state index contributed by atoms with van der Waals surface area (Å²) in [5.74, 6) is 0. The van der Waals surface area contributed by atoms with Gasteiger partial charge in [0.15, 0.2) is 0 Å². The van der Waals surface area contributed by atoms with E-state index in [4.69, 9.17) is 11.6 Å². The highest BCUT2D eigenvalue weighted by atomic mass is 35.5. The number of halogens is 1. The first-order valence-corrected chi connectivity index (χ1v) is 9.08. The molecule has 0 spiro atoms. The van der Waals surface area contributed by atoms with Crippen LogP contribution in [-0.2, 0) is 4.87 Å². The normalized spacial score (nSPS) is 15.8. The van der Waals surface area contributed by atoms with Crippen LogP contribution < -0.4 is 0 Å². The summed E-state index contributed by atoms with van der Waals surface area (Å²) in [7, 11) is -1.41. The topological polar surface area (TPSA) is 0 Å². The standard InChI is InChI=1S/C13H19ClSi/c1-11(15(3,4)5)13(2,14)12-9-7-6-8-10-12/h6-10H,1H2,2-5H3. The molecule has 0 aromatic heterocycles. The Morgan fingerprint density at radius 1 is 1.20 bits per heavy atom. The molecule has 0 aliphatic rings. The molecule has 1 unspecified atom stereocenters. The molecule has 0 aliphatic carbocycles. The fourth-order valence-corrected chi connectivity index (χ4v) is 4.16. The minimum absolute atomic E-state index is 0.425. The molecule has 0 amide bonds. The van der Waals surface area contributed by atoms with E-state index in [1.807, 2.05) is 25.1 Å². The van der Waals surface area contributed by atoms with Gasteiger partial charge < -0.3 is 0 Å². The first-order valence-electron chi connectivity index (χ1n) is 5.20. The Bertz CT molecular complexity index is 347. The van der Waals surface area contributed by atoms with Crippen molar-refractivity contribution in [1.82, 2.24) is 0 Å². The first-order chi connectivity index (χ1) is 6.76. The molecule has 2 heteroatoms. The molecular formula is C13H19ClSi. The van der Waals surface area contributed by atoms with Crippen LogP contribution in [0.2, 0.25) is 19.6 Å². The SMILES string of the molecule is C=C(C(C)(Cl)c1ccccc1)[Si](C)(C)C. The summed E-state index contributed by atoms with van der Waals surface area (Å²) in [6.07, 6.45) is 0. The Hall–Kier alpha value is -0.533. The van der Waals surface area contributed by atoms with Gasteiger partial charge >= 0.3 is 0 Å². The maximum absolute atomic E-state index is 6.63. The van der Waals surface area contributed by atoms with E-state index in [9.17, 15) is 0 Å². The van der Waals surface area contributed by atoms with E-state index in [1.165, 1.54) is 5.20 Å². The van der Waals surface area contributed by atoms with E-state index in [1.54, 1.807) is 0 Å². The largest absolute Gasteiger partial charge is 0.110 e. The van der Waals surface area contributed by atoms with Crippen molar-refractivity contribution >= 4 is 19.7 Å². The molecule has 1 rings (SSSR count). The quantitative estimate of drug-likeness (QED) is 0.535. The number of rotatable bonds is 3. The van der Waals surface area contributed by atoms with Crippen LogP contribution in [-0.4, -0.2) is 8.07 Å². The van der Waals surface area contributed by atoms with E-state index < -0.39 is 12.9 Å². The predicted molar refractivity (Wildman–Crippen MR) is 72.1 cm³/mol. The summed E-state index contributed by atoms with van der Waals surface area (Å²) >= 11 is 6.63. The van der Waals surface area contributed by atoms with Gasteiger partial charge in [-0.1, -0.05) is 55.2 Å². The highest BCUT2D eigenvalue weighted by Crippen LogP contribution is 2.39. The minimum atomic E-state index is -1.41. The van der Waals surface area contributed by atoms with Crippen molar-refractivity contribution in [2.24, 2.45) is 0 Å². The van der Waals surface area contributed by atoms with Crippen molar-refractivity contribution < 1.29 is 0 Å². The Balaban J connectivity index is 3.09. The van der Waals surface area contributed by atoms with E-state index in [0.29, 0.717) is 0 Å². The second kappa shape index (κ2) is 4.15. The van der Waals surface area contributed by atoms with Crippen LogP contribution in [0.1, 0.15) is 12.5 Å². The summed E-state index contributed by atoms with van der Waals surface area (Å²) in [5.41, 5.74) is 1.14. The summed E-state index contributed by atoms with van der Waals surface area (Å²) in [6, 6.07) is 10.2. The van der Waals surface area contributed by atoms with E-state index in [2.05, 4.69) is 38.4 Å². The Labute approximate surface area is 99.0 Å². The third-order valence-corrected chi connectivity index (χ3v) is 5.70. The third-order valence-electron chi connectivity index (χ3n) is 2.79. The Kier molecular flexibility index (Phi) is 3.47. The van der Waals surface area contributed by atoms with Crippen LogP contribution in [0.3, 0.4) is 0 Å². The third kappa shape index (κ3) is 2.73. The maximum Gasteiger partial charge on any atom is 0.0839 e. The lowest BCUT2D eigenvalue weighted by atomic mass is 10.0. The number of benzene rings is 1. The lowest BCUT2D eigenvalue weighted by Gasteiger charge is -2.33. The molecule has 0 N–H and O–H groups in total. The Morgan fingerprint density at radius 3 is 2.07 bits per heavy atom. The van der Waals surface area contributed by atoms with Crippen molar-refractivity contribution in [3.05, 3.63) is 47.7 Å². The van der Waals surface area contributed by atoms with Crippen LogP contribution in [0, 0.1) is 0 Å². The molecule has 0 bridgehead atoms. The lowest BCUT2D eigenvalue weighted by molar-refractivity contribution is 0.836. The van der Waals surface area contributed by atoms with E-state index >= 15 is 0 Å². The second-order valence-corrected chi connectivity index (χ2v) is 11.0. The highest BCUT2D eigenvalue weighted by molar-refractivity contribution is 6.84. The average Bonchev–Trinajstić information content (AvgIpc) is 2.16. The molecule has 0 aliphatic heterocycles. The van der Waals surface area contributed by atoms with Crippen LogP contribution in [0.25, 0.3) is 0 Å². The molecule has 1 aromatic carbocycles. The number of alkyl halides is 1. The monoisotopic (exact) mass is 238 g/mol. The zero-order valence-electron chi connectivity index (χ0n) is 9.97. The molecule has 82 valence electrons. The van der Waals surface area contributed by atoms with E-state index in [-0.39, 0.29) is 0 Å². The first kappa shape index (κ1) is 12.5. The summed E-state index contributed by atoms with van der Waals surface area (Å²) in [4.78, 5) is -0.425. The molecule has 0 radical (unpaired) electrons. The van der Waals surface area contributed by atoms with Crippen molar-refractivity contribution in [2.75, 3.05) is 0 Å². The van der Waals surface area contributed by atoms with E-state index in [0.717, 1.165) is 5.56 Å². The number of hydrogen-bond acceptors (Lipinski definition) is 0. The molecule has 0 saturated heterocycles. The molecule has 0 nitrogen and oxygen atoms in total. The van der Waals surface area contributed by atoms with Gasteiger partial charge in [0.05, 0.1) is 12.9 Å². The van der Waals surface area contributed by atoms with Crippen molar-refractivity contribution in [2.45, 2.75) is 31.4 Å². The molecule has 1 aromatic rings. The van der Waals surface area contributed by atoms with Crippen LogP contribution in [0.15, 0.2) is 42.1 Å². The van der Waals surface area contributed by atoms with Gasteiger partial charge in [-0.05, 0) is 12.5 Å². The highest BCUT2D eigenvalue weighted by Gasteiger charge is 2.34. The lowest BCUT2D eigenvalue weighted by Crippen LogP contribution is -2.34. The molecule has 15 heavy (non-hydrogen) atoms. The molecular weight excluding hydrogens is 220 g/mol. The smallest absolute Gasteiger partial charge is 0.0839 e. The van der Waals surface area contributed by atoms with Crippen LogP contribution >= 0.6 is 11.6 Å². The fourth-order valence-electron chi connectivity index (χ4n) is 1.63. The van der Waals surface area contributed by atoms with Gasteiger partial charge in [0.1, 0.15) is 0 Å². The number of hydrogen-bond donors (Lipinski definition) is 0. The van der Waals surface area contributed by atoms with Crippen molar-refractivity contribution in [3.63, 3.8) is 0 Å². The predicted octanol–water partition coefficient (Wildman–Crippen LogP) is 4.57. The maximum atomic E-state index is 6.63. The van der Waals surface area contributed by atoms with Gasteiger partial charge in [-0.25, -0.2) is 0 Å². The van der Waals surface area contributed by atoms with Crippen molar-refractivity contribution in [1.29, 1.82) is 0 Å². The summed E-state index contributed by atoms with van der Waals surface area (Å²) in [6.45, 7) is 13.1. The Morgan fingerprint density at radius 2 is 1.67 bits per heavy atom. The molecule has 0 fully saturated rings. The van der Waals surface area contributed by atoms with Crippen LogP contribution in [0.5, 0.6) is 0 Å². The van der Waals surface area contributed by atoms with Gasteiger partial charge in [0.2, 0.25) is 0 Å². The van der Waals surface area contributed by atoms with Crippen molar-refractivity contribution in [3.8, 4) is 0 Å². The zero-order chi connectivity index (χ0) is 11.7. The van der Waals surface area contributed by atoms with Gasteiger partial charge in [-0.3, -0.25) is 0 Å².